The van der Waals surface area contributed by atoms with E-state index in [1.807, 2.05) is 18.2 Å². The molecule has 1 aliphatic rings. The quantitative estimate of drug-likeness (QED) is 0.166. The van der Waals surface area contributed by atoms with Crippen molar-refractivity contribution in [3.63, 3.8) is 0 Å². The minimum absolute atomic E-state index is 0.160. The summed E-state index contributed by atoms with van der Waals surface area (Å²) in [5.41, 5.74) is 2.90. The lowest BCUT2D eigenvalue weighted by molar-refractivity contribution is -0.139. The summed E-state index contributed by atoms with van der Waals surface area (Å²) >= 11 is 3.37. The van der Waals surface area contributed by atoms with Gasteiger partial charge in [-0.1, -0.05) is 29.5 Å². The predicted octanol–water partition coefficient (Wildman–Crippen LogP) is 4.88. The van der Waals surface area contributed by atoms with Gasteiger partial charge in [0.05, 0.1) is 58.9 Å². The Balaban J connectivity index is 1.62. The third-order valence-corrected chi connectivity index (χ3v) is 9.09. The number of benzene rings is 3. The monoisotopic (exact) mass is 751 g/mol. The lowest BCUT2D eigenvalue weighted by Gasteiger charge is -2.26. The molecule has 3 aromatic carbocycles. The topological polar surface area (TPSA) is 121 Å². The number of rotatable bonds is 10. The van der Waals surface area contributed by atoms with Gasteiger partial charge in [0, 0.05) is 11.1 Å². The Morgan fingerprint density at radius 3 is 2.54 bits per heavy atom. The summed E-state index contributed by atoms with van der Waals surface area (Å²) in [5.74, 6) is 1.44. The molecule has 46 heavy (non-hydrogen) atoms. The van der Waals surface area contributed by atoms with Crippen molar-refractivity contribution in [2.24, 2.45) is 4.99 Å². The number of methoxy groups -OCH3 is 3. The molecular weight excluding hydrogens is 721 g/mol. The number of allylic oxidation sites excluding steroid dienone is 1. The van der Waals surface area contributed by atoms with Crippen LogP contribution in [0, 0.1) is 14.9 Å². The molecule has 0 fully saturated rings. The summed E-state index contributed by atoms with van der Waals surface area (Å²) in [4.78, 5) is 32.6. The van der Waals surface area contributed by atoms with E-state index in [2.05, 4.69) is 33.7 Å². The summed E-state index contributed by atoms with van der Waals surface area (Å²) < 4.78 is 31.0. The molecular formula is C34H30IN3O7S. The van der Waals surface area contributed by atoms with Gasteiger partial charge in [-0.05, 0) is 84.5 Å². The number of hydrogen-bond acceptors (Lipinski definition) is 10. The van der Waals surface area contributed by atoms with Gasteiger partial charge in [0.25, 0.3) is 5.56 Å². The number of carbonyl (C=O) groups excluding carboxylic acids is 1. The van der Waals surface area contributed by atoms with Crippen LogP contribution in [0.5, 0.6) is 23.0 Å². The molecule has 0 aliphatic carbocycles. The van der Waals surface area contributed by atoms with Crippen LogP contribution in [0.2, 0.25) is 0 Å². The molecule has 4 aromatic rings. The maximum absolute atomic E-state index is 14.2. The van der Waals surface area contributed by atoms with E-state index in [4.69, 9.17) is 23.7 Å². The van der Waals surface area contributed by atoms with Crippen LogP contribution in [0.15, 0.2) is 75.7 Å². The van der Waals surface area contributed by atoms with Crippen molar-refractivity contribution in [2.45, 2.75) is 26.5 Å². The summed E-state index contributed by atoms with van der Waals surface area (Å²) in [6.45, 7) is 3.79. The standard InChI is InChI=1S/C34H30IN3O7S/c1-6-44-33(40)29-19(2)37-34-38(30(29)24-16-23(41-3)11-12-26(24)42-4)32(39)28(46-34)15-20-13-25(35)31(27(14-20)43-5)45-18-22-10-8-7-9-21(22)17-36/h7-16,30H,6,18H2,1-5H3/b28-15+/t30-/m0/s1. The fourth-order valence-electron chi connectivity index (χ4n) is 5.16. The highest BCUT2D eigenvalue weighted by molar-refractivity contribution is 14.1. The Labute approximate surface area is 282 Å². The summed E-state index contributed by atoms with van der Waals surface area (Å²) in [6.07, 6.45) is 1.76. The van der Waals surface area contributed by atoms with E-state index in [1.165, 1.54) is 23.0 Å². The van der Waals surface area contributed by atoms with Gasteiger partial charge in [0.1, 0.15) is 24.1 Å². The van der Waals surface area contributed by atoms with Crippen LogP contribution >= 0.6 is 33.9 Å². The Morgan fingerprint density at radius 2 is 1.85 bits per heavy atom. The van der Waals surface area contributed by atoms with Gasteiger partial charge in [-0.3, -0.25) is 9.36 Å². The summed E-state index contributed by atoms with van der Waals surface area (Å²) in [7, 11) is 4.61. The third-order valence-electron chi connectivity index (χ3n) is 7.31. The second-order valence-electron chi connectivity index (χ2n) is 10.0. The number of halogens is 1. The van der Waals surface area contributed by atoms with Gasteiger partial charge in [0.2, 0.25) is 0 Å². The molecule has 0 radical (unpaired) electrons. The van der Waals surface area contributed by atoms with Gasteiger partial charge in [0.15, 0.2) is 16.3 Å². The molecule has 1 aliphatic heterocycles. The SMILES string of the molecule is CCOC(=O)C1=C(C)N=c2s/c(=C/c3cc(I)c(OCc4ccccc4C#N)c(OC)c3)c(=O)n2[C@H]1c1cc(OC)ccc1OC. The molecule has 0 spiro atoms. The number of fused-ring (bicyclic) bond motifs is 1. The fraction of sp³-hybridized carbons (Fsp3) is 0.235. The van der Waals surface area contributed by atoms with Crippen LogP contribution in [-0.4, -0.2) is 38.5 Å². The molecule has 1 atom stereocenters. The van der Waals surface area contributed by atoms with E-state index in [1.54, 1.807) is 70.5 Å². The molecule has 0 bridgehead atoms. The maximum atomic E-state index is 14.2. The third kappa shape index (κ3) is 6.38. The Bertz CT molecular complexity index is 2080. The number of ether oxygens (including phenoxy) is 5. The van der Waals surface area contributed by atoms with E-state index < -0.39 is 12.0 Å². The van der Waals surface area contributed by atoms with E-state index >= 15 is 0 Å². The number of carbonyl (C=O) groups is 1. The van der Waals surface area contributed by atoms with Crippen molar-refractivity contribution < 1.29 is 28.5 Å². The molecule has 1 aromatic heterocycles. The fourth-order valence-corrected chi connectivity index (χ4v) is 6.99. The van der Waals surface area contributed by atoms with E-state index in [-0.39, 0.29) is 24.3 Å². The summed E-state index contributed by atoms with van der Waals surface area (Å²) in [5, 5.41) is 9.44. The molecule has 2 heterocycles. The number of hydrogen-bond donors (Lipinski definition) is 0. The zero-order chi connectivity index (χ0) is 33.0. The zero-order valence-corrected chi connectivity index (χ0v) is 28.7. The molecule has 12 heteroatoms. The van der Waals surface area contributed by atoms with Crippen molar-refractivity contribution in [1.29, 1.82) is 5.26 Å². The molecule has 5 rings (SSSR count). The first-order chi connectivity index (χ1) is 22.2. The highest BCUT2D eigenvalue weighted by Gasteiger charge is 2.35. The Morgan fingerprint density at radius 1 is 1.09 bits per heavy atom. The molecule has 0 saturated carbocycles. The minimum Gasteiger partial charge on any atom is -0.497 e. The zero-order valence-electron chi connectivity index (χ0n) is 25.8. The minimum atomic E-state index is -0.871. The second-order valence-corrected chi connectivity index (χ2v) is 12.2. The van der Waals surface area contributed by atoms with Crippen LogP contribution in [-0.2, 0) is 16.1 Å². The van der Waals surface area contributed by atoms with Crippen LogP contribution in [0.3, 0.4) is 0 Å². The molecule has 236 valence electrons. The second kappa shape index (κ2) is 14.2. The Hall–Kier alpha value is -4.61. The van der Waals surface area contributed by atoms with Gasteiger partial charge in [-0.15, -0.1) is 0 Å². The number of esters is 1. The lowest BCUT2D eigenvalue weighted by Crippen LogP contribution is -2.40. The average molecular weight is 752 g/mol. The van der Waals surface area contributed by atoms with E-state index in [0.717, 1.165) is 9.13 Å². The molecule has 10 nitrogen and oxygen atoms in total. The van der Waals surface area contributed by atoms with Crippen LogP contribution in [0.4, 0.5) is 0 Å². The number of thiazole rings is 1. The normalized spacial score (nSPS) is 14.2. The average Bonchev–Trinajstić information content (AvgIpc) is 3.36. The first-order valence-corrected chi connectivity index (χ1v) is 16.0. The van der Waals surface area contributed by atoms with Gasteiger partial charge >= 0.3 is 5.97 Å². The molecule has 0 unspecified atom stereocenters. The van der Waals surface area contributed by atoms with Crippen LogP contribution in [0.1, 0.15) is 42.1 Å². The van der Waals surface area contributed by atoms with Gasteiger partial charge < -0.3 is 23.7 Å². The first-order valence-electron chi connectivity index (χ1n) is 14.1. The summed E-state index contributed by atoms with van der Waals surface area (Å²) in [6, 6.07) is 17.4. The van der Waals surface area contributed by atoms with Gasteiger partial charge in [-0.2, -0.15) is 5.26 Å². The molecule has 0 N–H and O–H groups in total. The molecule has 0 saturated heterocycles. The smallest absolute Gasteiger partial charge is 0.338 e. The van der Waals surface area contributed by atoms with Crippen molar-refractivity contribution in [3.05, 3.63) is 111 Å². The van der Waals surface area contributed by atoms with E-state index in [9.17, 15) is 14.9 Å². The number of nitriles is 1. The maximum Gasteiger partial charge on any atom is 0.338 e. The number of aromatic nitrogens is 1. The van der Waals surface area contributed by atoms with E-state index in [0.29, 0.717) is 54.7 Å². The van der Waals surface area contributed by atoms with Gasteiger partial charge in [-0.25, -0.2) is 9.79 Å². The largest absolute Gasteiger partial charge is 0.497 e. The van der Waals surface area contributed by atoms with Crippen LogP contribution in [0.25, 0.3) is 6.08 Å². The Kier molecular flexibility index (Phi) is 10.1. The lowest BCUT2D eigenvalue weighted by atomic mass is 9.94. The predicted molar refractivity (Wildman–Crippen MR) is 181 cm³/mol. The highest BCUT2D eigenvalue weighted by Crippen LogP contribution is 2.38. The molecule has 0 amide bonds. The highest BCUT2D eigenvalue weighted by atomic mass is 127. The van der Waals surface area contributed by atoms with Crippen LogP contribution < -0.4 is 33.8 Å². The van der Waals surface area contributed by atoms with Crippen molar-refractivity contribution in [3.8, 4) is 29.1 Å². The van der Waals surface area contributed by atoms with Crippen molar-refractivity contribution >= 4 is 46.0 Å². The van der Waals surface area contributed by atoms with Crippen molar-refractivity contribution in [1.82, 2.24) is 4.57 Å². The first kappa shape index (κ1) is 32.8. The number of nitrogens with zero attached hydrogens (tertiary/aromatic N) is 3. The van der Waals surface area contributed by atoms with Crippen molar-refractivity contribution in [2.75, 3.05) is 27.9 Å².